The zero-order valence-electron chi connectivity index (χ0n) is 10.6. The van der Waals surface area contributed by atoms with Gasteiger partial charge >= 0.3 is 0 Å². The number of hydrazine groups is 1. The summed E-state index contributed by atoms with van der Waals surface area (Å²) in [5.41, 5.74) is 3.84. The minimum absolute atomic E-state index is 0.594. The zero-order chi connectivity index (χ0) is 12.3. The lowest BCUT2D eigenvalue weighted by molar-refractivity contribution is 0.0938. The largest absolute Gasteiger partial charge is 0.308 e. The van der Waals surface area contributed by atoms with E-state index in [1.165, 1.54) is 5.56 Å². The zero-order valence-corrected chi connectivity index (χ0v) is 10.6. The number of nitrogens with two attached hydrogens (primary N) is 1. The van der Waals surface area contributed by atoms with Crippen LogP contribution in [0, 0.1) is 0 Å². The van der Waals surface area contributed by atoms with E-state index in [9.17, 15) is 0 Å². The number of likely N-dealkylation sites (N-methyl/N-ethyl adjacent to an activating group) is 1. The molecule has 94 valence electrons. The summed E-state index contributed by atoms with van der Waals surface area (Å²) in [6.07, 6.45) is 1.80. The van der Waals surface area contributed by atoms with Crippen LogP contribution in [-0.4, -0.2) is 47.5 Å². The second-order valence-electron chi connectivity index (χ2n) is 4.78. The number of pyridine rings is 1. The quantitative estimate of drug-likeness (QED) is 0.590. The Bertz CT molecular complexity index is 368. The number of hydrogen-bond acceptors (Lipinski definition) is 5. The number of rotatable bonds is 3. The fourth-order valence-electron chi connectivity index (χ4n) is 2.30. The molecule has 1 saturated heterocycles. The molecule has 5 nitrogen and oxygen atoms in total. The summed E-state index contributed by atoms with van der Waals surface area (Å²) >= 11 is 0. The van der Waals surface area contributed by atoms with E-state index >= 15 is 0 Å². The van der Waals surface area contributed by atoms with Crippen LogP contribution in [0.4, 0.5) is 5.82 Å². The van der Waals surface area contributed by atoms with Crippen molar-refractivity contribution in [2.45, 2.75) is 19.5 Å². The third kappa shape index (κ3) is 3.15. The first kappa shape index (κ1) is 12.3. The van der Waals surface area contributed by atoms with Crippen molar-refractivity contribution in [2.75, 3.05) is 32.1 Å². The Morgan fingerprint density at radius 1 is 1.53 bits per heavy atom. The van der Waals surface area contributed by atoms with Crippen molar-refractivity contribution in [1.29, 1.82) is 0 Å². The van der Waals surface area contributed by atoms with Gasteiger partial charge in [-0.25, -0.2) is 10.8 Å². The lowest BCUT2D eigenvalue weighted by Gasteiger charge is -2.38. The second-order valence-corrected chi connectivity index (χ2v) is 4.78. The Hall–Kier alpha value is -1.17. The molecule has 2 rings (SSSR count). The van der Waals surface area contributed by atoms with Crippen LogP contribution in [-0.2, 0) is 6.54 Å². The number of nitrogens with one attached hydrogen (secondary N) is 1. The molecule has 1 unspecified atom stereocenters. The third-order valence-corrected chi connectivity index (χ3v) is 3.33. The van der Waals surface area contributed by atoms with Crippen LogP contribution in [0.15, 0.2) is 18.3 Å². The van der Waals surface area contributed by atoms with Crippen LogP contribution in [0.3, 0.4) is 0 Å². The number of piperazine rings is 1. The monoisotopic (exact) mass is 235 g/mol. The molecule has 0 radical (unpaired) electrons. The number of nitrogens with zero attached hydrogens (tertiary/aromatic N) is 3. The average Bonchev–Trinajstić information content (AvgIpc) is 2.33. The summed E-state index contributed by atoms with van der Waals surface area (Å²) in [5, 5.41) is 0. The molecule has 1 aromatic heterocycles. The predicted molar refractivity (Wildman–Crippen MR) is 69.4 cm³/mol. The van der Waals surface area contributed by atoms with Crippen LogP contribution in [0.1, 0.15) is 12.5 Å². The molecule has 0 saturated carbocycles. The van der Waals surface area contributed by atoms with Gasteiger partial charge in [-0.2, -0.15) is 0 Å². The van der Waals surface area contributed by atoms with Gasteiger partial charge < -0.3 is 10.3 Å². The molecule has 1 atom stereocenters. The summed E-state index contributed by atoms with van der Waals surface area (Å²) in [6.45, 7) is 6.63. The van der Waals surface area contributed by atoms with E-state index in [1.807, 2.05) is 12.1 Å². The Labute approximate surface area is 103 Å². The van der Waals surface area contributed by atoms with E-state index in [4.69, 9.17) is 5.84 Å². The highest BCUT2D eigenvalue weighted by atomic mass is 15.3. The summed E-state index contributed by atoms with van der Waals surface area (Å²) < 4.78 is 0. The van der Waals surface area contributed by atoms with Crippen LogP contribution < -0.4 is 11.3 Å². The summed E-state index contributed by atoms with van der Waals surface area (Å²) in [7, 11) is 2.18. The van der Waals surface area contributed by atoms with E-state index in [1.54, 1.807) is 6.20 Å². The molecule has 1 fully saturated rings. The molecule has 0 bridgehead atoms. The lowest BCUT2D eigenvalue weighted by atomic mass is 10.1. The summed E-state index contributed by atoms with van der Waals surface area (Å²) in [6, 6.07) is 4.65. The van der Waals surface area contributed by atoms with Gasteiger partial charge in [0.15, 0.2) is 0 Å². The predicted octanol–water partition coefficient (Wildman–Crippen LogP) is 0.503. The van der Waals surface area contributed by atoms with Gasteiger partial charge in [0.25, 0.3) is 0 Å². The third-order valence-electron chi connectivity index (χ3n) is 3.33. The maximum Gasteiger partial charge on any atom is 0.140 e. The first-order valence-corrected chi connectivity index (χ1v) is 6.03. The highest BCUT2D eigenvalue weighted by Gasteiger charge is 2.21. The molecule has 0 spiro atoms. The highest BCUT2D eigenvalue weighted by molar-refractivity contribution is 5.35. The Morgan fingerprint density at radius 3 is 3.06 bits per heavy atom. The van der Waals surface area contributed by atoms with Gasteiger partial charge in [-0.3, -0.25) is 4.90 Å². The first-order chi connectivity index (χ1) is 8.19. The molecule has 0 aromatic carbocycles. The van der Waals surface area contributed by atoms with Gasteiger partial charge in [0.1, 0.15) is 5.82 Å². The average molecular weight is 235 g/mol. The van der Waals surface area contributed by atoms with Gasteiger partial charge in [-0.05, 0) is 31.7 Å². The number of anilines is 1. The van der Waals surface area contributed by atoms with Gasteiger partial charge in [0.05, 0.1) is 0 Å². The highest BCUT2D eigenvalue weighted by Crippen LogP contribution is 2.14. The molecular formula is C12H21N5. The van der Waals surface area contributed by atoms with Crippen LogP contribution in [0.5, 0.6) is 0 Å². The van der Waals surface area contributed by atoms with Gasteiger partial charge in [-0.15, -0.1) is 0 Å². The molecule has 2 heterocycles. The first-order valence-electron chi connectivity index (χ1n) is 6.03. The standard InChI is InChI=1S/C12H21N5/c1-10-8-16(2)5-6-17(10)9-11-3-4-14-12(7-11)15-13/h3-4,7,10H,5-6,8-9,13H2,1-2H3,(H,14,15). The minimum Gasteiger partial charge on any atom is -0.308 e. The molecule has 0 aliphatic carbocycles. The van der Waals surface area contributed by atoms with Gasteiger partial charge in [0, 0.05) is 38.4 Å². The second kappa shape index (κ2) is 5.44. The van der Waals surface area contributed by atoms with Crippen molar-refractivity contribution < 1.29 is 0 Å². The van der Waals surface area contributed by atoms with E-state index in [0.29, 0.717) is 6.04 Å². The van der Waals surface area contributed by atoms with Crippen molar-refractivity contribution in [3.63, 3.8) is 0 Å². The van der Waals surface area contributed by atoms with E-state index in [0.717, 1.165) is 32.0 Å². The summed E-state index contributed by atoms with van der Waals surface area (Å²) in [5.74, 6) is 6.09. The minimum atomic E-state index is 0.594. The van der Waals surface area contributed by atoms with Crippen molar-refractivity contribution in [3.05, 3.63) is 23.9 Å². The van der Waals surface area contributed by atoms with E-state index < -0.39 is 0 Å². The van der Waals surface area contributed by atoms with Crippen molar-refractivity contribution in [2.24, 2.45) is 5.84 Å². The maximum atomic E-state index is 5.36. The topological polar surface area (TPSA) is 57.4 Å². The van der Waals surface area contributed by atoms with Crippen molar-refractivity contribution >= 4 is 5.82 Å². The Balaban J connectivity index is 2.00. The molecule has 1 aliphatic heterocycles. The number of aromatic nitrogens is 1. The van der Waals surface area contributed by atoms with Crippen LogP contribution in [0.2, 0.25) is 0 Å². The van der Waals surface area contributed by atoms with Crippen molar-refractivity contribution in [1.82, 2.24) is 14.8 Å². The summed E-state index contributed by atoms with van der Waals surface area (Å²) in [4.78, 5) is 8.99. The van der Waals surface area contributed by atoms with Crippen LogP contribution in [0.25, 0.3) is 0 Å². The van der Waals surface area contributed by atoms with Gasteiger partial charge in [-0.1, -0.05) is 0 Å². The molecule has 17 heavy (non-hydrogen) atoms. The normalized spacial score (nSPS) is 22.6. The molecular weight excluding hydrogens is 214 g/mol. The smallest absolute Gasteiger partial charge is 0.140 e. The van der Waals surface area contributed by atoms with E-state index in [2.05, 4.69) is 34.2 Å². The Morgan fingerprint density at radius 2 is 2.35 bits per heavy atom. The molecule has 1 aliphatic rings. The fourth-order valence-corrected chi connectivity index (χ4v) is 2.30. The van der Waals surface area contributed by atoms with Crippen LogP contribution >= 0.6 is 0 Å². The molecule has 3 N–H and O–H groups in total. The Kier molecular flexibility index (Phi) is 3.93. The maximum absolute atomic E-state index is 5.36. The SMILES string of the molecule is CC1CN(C)CCN1Cc1ccnc(NN)c1. The number of nitrogen functional groups attached to an aromatic ring is 1. The number of hydrogen-bond donors (Lipinski definition) is 2. The lowest BCUT2D eigenvalue weighted by Crippen LogP contribution is -2.49. The molecule has 1 aromatic rings. The van der Waals surface area contributed by atoms with E-state index in [-0.39, 0.29) is 0 Å². The van der Waals surface area contributed by atoms with Crippen molar-refractivity contribution in [3.8, 4) is 0 Å². The fraction of sp³-hybridized carbons (Fsp3) is 0.583. The molecule has 0 amide bonds. The molecule has 5 heteroatoms. The van der Waals surface area contributed by atoms with Gasteiger partial charge in [0.2, 0.25) is 0 Å².